The van der Waals surface area contributed by atoms with Gasteiger partial charge in [0.25, 0.3) is 0 Å². The van der Waals surface area contributed by atoms with E-state index in [9.17, 15) is 9.59 Å². The van der Waals surface area contributed by atoms with Gasteiger partial charge >= 0.3 is 6.09 Å². The molecule has 3 rings (SSSR count). The van der Waals surface area contributed by atoms with E-state index in [-0.39, 0.29) is 18.9 Å². The van der Waals surface area contributed by atoms with E-state index in [0.29, 0.717) is 5.56 Å². The van der Waals surface area contributed by atoms with Crippen LogP contribution in [0, 0.1) is 0 Å². The SMILES string of the molecule is O=C(NC[C@H](C(=O)c1ccccc1)c1ccccc1)OCc1ccccc1. The van der Waals surface area contributed by atoms with Crippen molar-refractivity contribution in [2.75, 3.05) is 6.54 Å². The average molecular weight is 359 g/mol. The summed E-state index contributed by atoms with van der Waals surface area (Å²) >= 11 is 0. The van der Waals surface area contributed by atoms with E-state index < -0.39 is 12.0 Å². The molecule has 136 valence electrons. The maximum atomic E-state index is 12.9. The Kier molecular flexibility index (Phi) is 6.36. The monoisotopic (exact) mass is 359 g/mol. The number of ketones is 1. The molecule has 0 unspecified atom stereocenters. The van der Waals surface area contributed by atoms with Gasteiger partial charge in [-0.15, -0.1) is 0 Å². The Balaban J connectivity index is 1.65. The molecule has 27 heavy (non-hydrogen) atoms. The number of carbonyl (C=O) groups excluding carboxylic acids is 2. The number of ether oxygens (including phenoxy) is 1. The fraction of sp³-hybridized carbons (Fsp3) is 0.130. The Morgan fingerprint density at radius 1 is 0.778 bits per heavy atom. The zero-order chi connectivity index (χ0) is 18.9. The molecular formula is C23H21NO3. The molecule has 0 aliphatic carbocycles. The van der Waals surface area contributed by atoms with Crippen molar-refractivity contribution in [3.05, 3.63) is 108 Å². The predicted molar refractivity (Wildman–Crippen MR) is 105 cm³/mol. The van der Waals surface area contributed by atoms with Gasteiger partial charge in [-0.3, -0.25) is 4.79 Å². The molecule has 0 spiro atoms. The van der Waals surface area contributed by atoms with Crippen LogP contribution in [0.15, 0.2) is 91.0 Å². The Hall–Kier alpha value is -3.40. The van der Waals surface area contributed by atoms with Crippen LogP contribution in [-0.2, 0) is 11.3 Å². The average Bonchev–Trinajstić information content (AvgIpc) is 2.74. The van der Waals surface area contributed by atoms with Gasteiger partial charge in [-0.25, -0.2) is 4.79 Å². The molecule has 0 heterocycles. The highest BCUT2D eigenvalue weighted by molar-refractivity contribution is 6.01. The third-order valence-electron chi connectivity index (χ3n) is 4.24. The van der Waals surface area contributed by atoms with Gasteiger partial charge in [0, 0.05) is 12.1 Å². The molecule has 3 aromatic rings. The van der Waals surface area contributed by atoms with E-state index in [1.54, 1.807) is 12.1 Å². The van der Waals surface area contributed by atoms with Crippen molar-refractivity contribution >= 4 is 11.9 Å². The number of hydrogen-bond acceptors (Lipinski definition) is 3. The molecule has 0 bridgehead atoms. The van der Waals surface area contributed by atoms with Crippen molar-refractivity contribution in [2.24, 2.45) is 0 Å². The van der Waals surface area contributed by atoms with Crippen LogP contribution in [0.25, 0.3) is 0 Å². The summed E-state index contributed by atoms with van der Waals surface area (Å²) < 4.78 is 5.24. The molecule has 3 aromatic carbocycles. The number of rotatable bonds is 7. The highest BCUT2D eigenvalue weighted by Crippen LogP contribution is 2.20. The first-order valence-electron chi connectivity index (χ1n) is 8.83. The van der Waals surface area contributed by atoms with Crippen molar-refractivity contribution in [3.63, 3.8) is 0 Å². The zero-order valence-corrected chi connectivity index (χ0v) is 14.9. The highest BCUT2D eigenvalue weighted by Gasteiger charge is 2.22. The predicted octanol–water partition coefficient (Wildman–Crippen LogP) is 4.58. The Morgan fingerprint density at radius 2 is 1.33 bits per heavy atom. The van der Waals surface area contributed by atoms with E-state index in [0.717, 1.165) is 11.1 Å². The first kappa shape index (κ1) is 18.4. The second-order valence-corrected chi connectivity index (χ2v) is 6.14. The fourth-order valence-corrected chi connectivity index (χ4v) is 2.81. The van der Waals surface area contributed by atoms with E-state index in [2.05, 4.69) is 5.32 Å². The van der Waals surface area contributed by atoms with Gasteiger partial charge in [-0.1, -0.05) is 91.0 Å². The number of hydrogen-bond donors (Lipinski definition) is 1. The van der Waals surface area contributed by atoms with E-state index in [4.69, 9.17) is 4.74 Å². The molecule has 0 aromatic heterocycles. The summed E-state index contributed by atoms with van der Waals surface area (Å²) in [4.78, 5) is 25.0. The van der Waals surface area contributed by atoms with Gasteiger partial charge in [0.05, 0.1) is 5.92 Å². The van der Waals surface area contributed by atoms with Crippen LogP contribution in [0.2, 0.25) is 0 Å². The molecule has 0 radical (unpaired) electrons. The summed E-state index contributed by atoms with van der Waals surface area (Å²) in [5, 5.41) is 2.72. The smallest absolute Gasteiger partial charge is 0.407 e. The first-order valence-corrected chi connectivity index (χ1v) is 8.83. The minimum Gasteiger partial charge on any atom is -0.445 e. The van der Waals surface area contributed by atoms with Crippen LogP contribution in [0.5, 0.6) is 0 Å². The summed E-state index contributed by atoms with van der Waals surface area (Å²) in [5.41, 5.74) is 2.38. The summed E-state index contributed by atoms with van der Waals surface area (Å²) in [5.74, 6) is -0.511. The quantitative estimate of drug-likeness (QED) is 0.628. The second kappa shape index (κ2) is 9.34. The topological polar surface area (TPSA) is 55.4 Å². The number of carbonyl (C=O) groups is 2. The maximum Gasteiger partial charge on any atom is 0.407 e. The van der Waals surface area contributed by atoms with Crippen LogP contribution in [0.3, 0.4) is 0 Å². The van der Waals surface area contributed by atoms with Crippen LogP contribution < -0.4 is 5.32 Å². The van der Waals surface area contributed by atoms with Gasteiger partial charge in [0.15, 0.2) is 5.78 Å². The minimum atomic E-state index is -0.541. The molecule has 4 nitrogen and oxygen atoms in total. The molecule has 0 aliphatic heterocycles. The lowest BCUT2D eigenvalue weighted by Gasteiger charge is -2.17. The van der Waals surface area contributed by atoms with Gasteiger partial charge in [0.1, 0.15) is 6.61 Å². The molecule has 0 fully saturated rings. The molecule has 1 atom stereocenters. The Bertz CT molecular complexity index is 864. The zero-order valence-electron chi connectivity index (χ0n) is 14.9. The normalized spacial score (nSPS) is 11.4. The Labute approximate surface area is 158 Å². The lowest BCUT2D eigenvalue weighted by molar-refractivity contribution is 0.0955. The van der Waals surface area contributed by atoms with Crippen LogP contribution >= 0.6 is 0 Å². The third kappa shape index (κ3) is 5.28. The largest absolute Gasteiger partial charge is 0.445 e. The van der Waals surface area contributed by atoms with E-state index >= 15 is 0 Å². The van der Waals surface area contributed by atoms with Crippen molar-refractivity contribution in [1.82, 2.24) is 5.32 Å². The molecule has 0 saturated carbocycles. The van der Waals surface area contributed by atoms with Gasteiger partial charge < -0.3 is 10.1 Å². The maximum absolute atomic E-state index is 12.9. The van der Waals surface area contributed by atoms with Gasteiger partial charge in [-0.05, 0) is 11.1 Å². The van der Waals surface area contributed by atoms with Crippen molar-refractivity contribution < 1.29 is 14.3 Å². The summed E-state index contributed by atoms with van der Waals surface area (Å²) in [6, 6.07) is 28.0. The molecule has 0 saturated heterocycles. The summed E-state index contributed by atoms with van der Waals surface area (Å²) in [6.07, 6.45) is -0.541. The molecule has 1 N–H and O–H groups in total. The number of alkyl carbamates (subject to hydrolysis) is 1. The van der Waals surface area contributed by atoms with Crippen molar-refractivity contribution in [2.45, 2.75) is 12.5 Å². The van der Waals surface area contributed by atoms with Gasteiger partial charge in [-0.2, -0.15) is 0 Å². The van der Waals surface area contributed by atoms with Gasteiger partial charge in [0.2, 0.25) is 0 Å². The first-order chi connectivity index (χ1) is 13.2. The summed E-state index contributed by atoms with van der Waals surface area (Å²) in [7, 11) is 0. The number of amides is 1. The van der Waals surface area contributed by atoms with E-state index in [1.165, 1.54) is 0 Å². The second-order valence-electron chi connectivity index (χ2n) is 6.14. The van der Waals surface area contributed by atoms with E-state index in [1.807, 2.05) is 78.9 Å². The molecule has 1 amide bonds. The number of benzene rings is 3. The standard InChI is InChI=1S/C23H21NO3/c25-22(20-14-8-3-9-15-20)21(19-12-6-2-7-13-19)16-24-23(26)27-17-18-10-4-1-5-11-18/h1-15,21H,16-17H2,(H,24,26)/t21-/m0/s1. The highest BCUT2D eigenvalue weighted by atomic mass is 16.5. The third-order valence-corrected chi connectivity index (χ3v) is 4.24. The molecule has 0 aliphatic rings. The summed E-state index contributed by atoms with van der Waals surface area (Å²) in [6.45, 7) is 0.362. The number of Topliss-reactive ketones (excluding diaryl/α,β-unsaturated/α-hetero) is 1. The lowest BCUT2D eigenvalue weighted by atomic mass is 9.90. The van der Waals surface area contributed by atoms with Crippen LogP contribution in [0.1, 0.15) is 27.4 Å². The lowest BCUT2D eigenvalue weighted by Crippen LogP contribution is -2.32. The van der Waals surface area contributed by atoms with Crippen LogP contribution in [0.4, 0.5) is 4.79 Å². The molecular weight excluding hydrogens is 338 g/mol. The Morgan fingerprint density at radius 3 is 1.96 bits per heavy atom. The number of nitrogens with one attached hydrogen (secondary N) is 1. The molecule has 4 heteroatoms. The minimum absolute atomic E-state index is 0.0369. The van der Waals surface area contributed by atoms with Crippen LogP contribution in [-0.4, -0.2) is 18.4 Å². The van der Waals surface area contributed by atoms with Crippen molar-refractivity contribution in [3.8, 4) is 0 Å². The fourth-order valence-electron chi connectivity index (χ4n) is 2.81. The van der Waals surface area contributed by atoms with Crippen molar-refractivity contribution in [1.29, 1.82) is 0 Å².